The van der Waals surface area contributed by atoms with Gasteiger partial charge in [0.05, 0.1) is 0 Å². The lowest BCUT2D eigenvalue weighted by molar-refractivity contribution is 0.250. The maximum Gasteiger partial charge on any atom is 0.343 e. The van der Waals surface area contributed by atoms with Gasteiger partial charge in [-0.3, -0.25) is 0 Å². The summed E-state index contributed by atoms with van der Waals surface area (Å²) in [5.41, 5.74) is 5.62. The van der Waals surface area contributed by atoms with Crippen molar-refractivity contribution in [1.82, 2.24) is 5.32 Å². The third-order valence-corrected chi connectivity index (χ3v) is 4.16. The van der Waals surface area contributed by atoms with Gasteiger partial charge in [0.25, 0.3) is 0 Å². The summed E-state index contributed by atoms with van der Waals surface area (Å²) in [4.78, 5) is 16.7. The van der Waals surface area contributed by atoms with Crippen LogP contribution in [0, 0.1) is 6.92 Å². The molecule has 0 bridgehead atoms. The standard InChI is InChI=1S/C8H8BrN3OS/c1-3-4(9)2-5(14-3)6-7(10)12-8(13)11-6/h2,6H,1H3,(H3,10,11,12,13). The first-order chi connectivity index (χ1) is 6.58. The number of amidine groups is 1. The van der Waals surface area contributed by atoms with E-state index < -0.39 is 0 Å². The molecule has 0 fully saturated rings. The largest absolute Gasteiger partial charge is 0.385 e. The lowest BCUT2D eigenvalue weighted by atomic mass is 10.2. The van der Waals surface area contributed by atoms with E-state index in [1.807, 2.05) is 13.0 Å². The molecule has 0 aromatic carbocycles. The van der Waals surface area contributed by atoms with Gasteiger partial charge in [-0.25, -0.2) is 4.79 Å². The third kappa shape index (κ3) is 1.55. The van der Waals surface area contributed by atoms with Crippen LogP contribution in [0.4, 0.5) is 4.79 Å². The van der Waals surface area contributed by atoms with Crippen molar-refractivity contribution in [2.75, 3.05) is 0 Å². The van der Waals surface area contributed by atoms with Gasteiger partial charge < -0.3 is 11.1 Å². The van der Waals surface area contributed by atoms with Crippen LogP contribution in [0.15, 0.2) is 15.5 Å². The smallest absolute Gasteiger partial charge is 0.343 e. The highest BCUT2D eigenvalue weighted by Gasteiger charge is 2.26. The summed E-state index contributed by atoms with van der Waals surface area (Å²) in [6.07, 6.45) is 0. The Balaban J connectivity index is 2.33. The lowest BCUT2D eigenvalue weighted by Gasteiger charge is -2.06. The summed E-state index contributed by atoms with van der Waals surface area (Å²) >= 11 is 5.01. The van der Waals surface area contributed by atoms with E-state index in [0.29, 0.717) is 5.84 Å². The molecular formula is C8H8BrN3OS. The Labute approximate surface area is 93.3 Å². The molecule has 0 spiro atoms. The van der Waals surface area contributed by atoms with E-state index in [9.17, 15) is 4.79 Å². The van der Waals surface area contributed by atoms with Crippen molar-refractivity contribution in [1.29, 1.82) is 0 Å². The maximum atomic E-state index is 10.9. The van der Waals surface area contributed by atoms with Gasteiger partial charge in [0.1, 0.15) is 11.9 Å². The average molecular weight is 274 g/mol. The van der Waals surface area contributed by atoms with Crippen LogP contribution in [-0.4, -0.2) is 11.9 Å². The molecule has 74 valence electrons. The minimum atomic E-state index is -0.366. The molecule has 3 N–H and O–H groups in total. The third-order valence-electron chi connectivity index (χ3n) is 1.95. The fraction of sp³-hybridized carbons (Fsp3) is 0.250. The minimum Gasteiger partial charge on any atom is -0.385 e. The minimum absolute atomic E-state index is 0.252. The lowest BCUT2D eigenvalue weighted by Crippen LogP contribution is -2.26. The number of hydrogen-bond donors (Lipinski definition) is 2. The van der Waals surface area contributed by atoms with E-state index in [4.69, 9.17) is 5.73 Å². The molecule has 0 saturated heterocycles. The average Bonchev–Trinajstić information content (AvgIpc) is 2.57. The highest BCUT2D eigenvalue weighted by Crippen LogP contribution is 2.31. The molecule has 0 radical (unpaired) electrons. The first-order valence-corrected chi connectivity index (χ1v) is 5.59. The van der Waals surface area contributed by atoms with Crippen LogP contribution in [0.3, 0.4) is 0 Å². The molecule has 2 rings (SSSR count). The van der Waals surface area contributed by atoms with E-state index in [1.54, 1.807) is 11.3 Å². The van der Waals surface area contributed by atoms with Crippen molar-refractivity contribution in [3.8, 4) is 0 Å². The molecule has 1 aromatic rings. The molecule has 14 heavy (non-hydrogen) atoms. The molecule has 0 saturated carbocycles. The fourth-order valence-electron chi connectivity index (χ4n) is 1.25. The number of nitrogens with zero attached hydrogens (tertiary/aromatic N) is 1. The van der Waals surface area contributed by atoms with Gasteiger partial charge in [-0.2, -0.15) is 4.99 Å². The van der Waals surface area contributed by atoms with Crippen molar-refractivity contribution in [2.45, 2.75) is 13.0 Å². The number of carbonyl (C=O) groups is 1. The van der Waals surface area contributed by atoms with E-state index in [1.165, 1.54) is 0 Å². The van der Waals surface area contributed by atoms with Crippen LogP contribution in [0.25, 0.3) is 0 Å². The van der Waals surface area contributed by atoms with Crippen LogP contribution in [-0.2, 0) is 0 Å². The molecule has 1 aliphatic heterocycles. The zero-order valence-corrected chi connectivity index (χ0v) is 9.78. The van der Waals surface area contributed by atoms with Crippen molar-refractivity contribution in [2.24, 2.45) is 10.7 Å². The first-order valence-electron chi connectivity index (χ1n) is 3.98. The zero-order valence-electron chi connectivity index (χ0n) is 7.37. The summed E-state index contributed by atoms with van der Waals surface area (Å²) in [6.45, 7) is 2.00. The number of nitrogens with one attached hydrogen (secondary N) is 1. The molecule has 4 nitrogen and oxygen atoms in total. The summed E-state index contributed by atoms with van der Waals surface area (Å²) in [7, 11) is 0. The van der Waals surface area contributed by atoms with Gasteiger partial charge in [-0.15, -0.1) is 11.3 Å². The van der Waals surface area contributed by atoms with Crippen LogP contribution >= 0.6 is 27.3 Å². The van der Waals surface area contributed by atoms with Crippen LogP contribution in [0.2, 0.25) is 0 Å². The number of thiophene rings is 1. The Morgan fingerprint density at radius 2 is 2.43 bits per heavy atom. The summed E-state index contributed by atoms with van der Waals surface area (Å²) in [6, 6.07) is 1.34. The van der Waals surface area contributed by atoms with Crippen molar-refractivity contribution < 1.29 is 4.79 Å². The second-order valence-corrected chi connectivity index (χ2v) is 5.11. The summed E-state index contributed by atoms with van der Waals surface area (Å²) < 4.78 is 1.03. The molecule has 6 heteroatoms. The van der Waals surface area contributed by atoms with E-state index in [2.05, 4.69) is 26.2 Å². The number of amides is 2. The molecule has 1 unspecified atom stereocenters. The Hall–Kier alpha value is -0.880. The number of aryl methyl sites for hydroxylation is 1. The van der Waals surface area contributed by atoms with Gasteiger partial charge in [0, 0.05) is 14.2 Å². The Morgan fingerprint density at radius 1 is 1.71 bits per heavy atom. The van der Waals surface area contributed by atoms with Gasteiger partial charge in [0.2, 0.25) is 0 Å². The quantitative estimate of drug-likeness (QED) is 0.821. The van der Waals surface area contributed by atoms with E-state index >= 15 is 0 Å². The molecule has 2 amide bonds. The number of carbonyl (C=O) groups excluding carboxylic acids is 1. The number of nitrogens with two attached hydrogens (primary N) is 1. The predicted molar refractivity (Wildman–Crippen MR) is 59.7 cm³/mol. The van der Waals surface area contributed by atoms with Crippen LogP contribution in [0.1, 0.15) is 15.8 Å². The Bertz CT molecular complexity index is 407. The predicted octanol–water partition coefficient (Wildman–Crippen LogP) is 1.94. The molecule has 1 atom stereocenters. The van der Waals surface area contributed by atoms with Crippen LogP contribution in [0.5, 0.6) is 0 Å². The van der Waals surface area contributed by atoms with Gasteiger partial charge in [-0.1, -0.05) is 0 Å². The van der Waals surface area contributed by atoms with Gasteiger partial charge in [0.15, 0.2) is 0 Å². The Kier molecular flexibility index (Phi) is 2.32. The molecule has 0 aliphatic carbocycles. The second-order valence-electron chi connectivity index (χ2n) is 2.97. The van der Waals surface area contributed by atoms with Gasteiger partial charge in [-0.05, 0) is 28.9 Å². The van der Waals surface area contributed by atoms with Crippen molar-refractivity contribution >= 4 is 39.1 Å². The number of rotatable bonds is 1. The number of halogens is 1. The summed E-state index contributed by atoms with van der Waals surface area (Å²) in [5, 5.41) is 2.68. The number of aliphatic imine (C=N–C) groups is 1. The zero-order chi connectivity index (χ0) is 10.3. The molecule has 2 heterocycles. The number of hydrogen-bond acceptors (Lipinski definition) is 3. The van der Waals surface area contributed by atoms with Crippen molar-refractivity contribution in [3.63, 3.8) is 0 Å². The normalized spacial score (nSPS) is 20.9. The SMILES string of the molecule is Cc1sc(C2NC(=O)N=C2N)cc1Br. The fourth-order valence-corrected chi connectivity index (χ4v) is 2.88. The second kappa shape index (κ2) is 3.36. The molecular weight excluding hydrogens is 266 g/mol. The molecule has 1 aromatic heterocycles. The van der Waals surface area contributed by atoms with E-state index in [0.717, 1.165) is 14.2 Å². The summed E-state index contributed by atoms with van der Waals surface area (Å²) in [5.74, 6) is 0.337. The highest BCUT2D eigenvalue weighted by atomic mass is 79.9. The number of urea groups is 1. The molecule has 1 aliphatic rings. The van der Waals surface area contributed by atoms with Gasteiger partial charge >= 0.3 is 6.03 Å². The van der Waals surface area contributed by atoms with Crippen LogP contribution < -0.4 is 11.1 Å². The van der Waals surface area contributed by atoms with E-state index in [-0.39, 0.29) is 12.1 Å². The van der Waals surface area contributed by atoms with Crippen molar-refractivity contribution in [3.05, 3.63) is 20.3 Å². The topological polar surface area (TPSA) is 67.5 Å². The Morgan fingerprint density at radius 3 is 2.86 bits per heavy atom. The first kappa shape index (κ1) is 9.67. The highest BCUT2D eigenvalue weighted by molar-refractivity contribution is 9.10. The monoisotopic (exact) mass is 273 g/mol. The maximum absolute atomic E-state index is 10.9.